The topological polar surface area (TPSA) is 83.1 Å². The third-order valence-corrected chi connectivity index (χ3v) is 4.79. The Labute approximate surface area is 163 Å². The molecule has 6 heteroatoms. The molecule has 2 heterocycles. The lowest BCUT2D eigenvalue weighted by molar-refractivity contribution is 0.311. The summed E-state index contributed by atoms with van der Waals surface area (Å²) in [5.41, 5.74) is 6.84. The summed E-state index contributed by atoms with van der Waals surface area (Å²) in [6.07, 6.45) is 1.83. The van der Waals surface area contributed by atoms with E-state index in [-0.39, 0.29) is 6.61 Å². The Morgan fingerprint density at radius 1 is 1.04 bits per heavy atom. The van der Waals surface area contributed by atoms with E-state index in [1.165, 1.54) is 0 Å². The predicted octanol–water partition coefficient (Wildman–Crippen LogP) is 4.01. The summed E-state index contributed by atoms with van der Waals surface area (Å²) < 4.78 is 5.24. The minimum absolute atomic E-state index is 0.0947. The molecule has 6 nitrogen and oxygen atoms in total. The van der Waals surface area contributed by atoms with E-state index in [9.17, 15) is 0 Å². The van der Waals surface area contributed by atoms with Gasteiger partial charge in [0.2, 0.25) is 0 Å². The van der Waals surface area contributed by atoms with E-state index in [4.69, 9.17) is 9.84 Å². The standard InChI is InChI=1S/C22H22N4O2/c1-14-3-4-16(12-20(14)23-9-10-27)17-11-19-21(25-26-22(19)24-13-17)15-5-7-18(28-2)8-6-15/h3-8,11-13,23,27H,9-10H2,1-2H3,(H,24,25,26). The molecule has 0 radical (unpaired) electrons. The molecule has 0 aliphatic carbocycles. The fraction of sp³-hybridized carbons (Fsp3) is 0.182. The van der Waals surface area contributed by atoms with Crippen LogP contribution in [0.3, 0.4) is 0 Å². The minimum Gasteiger partial charge on any atom is -0.497 e. The number of rotatable bonds is 6. The number of ether oxygens (including phenoxy) is 1. The molecule has 4 aromatic rings. The van der Waals surface area contributed by atoms with Crippen LogP contribution < -0.4 is 10.1 Å². The maximum absolute atomic E-state index is 9.08. The number of methoxy groups -OCH3 is 1. The van der Waals surface area contributed by atoms with Crippen LogP contribution in [0.4, 0.5) is 5.69 Å². The lowest BCUT2D eigenvalue weighted by atomic mass is 10.0. The van der Waals surface area contributed by atoms with Crippen LogP contribution in [0.15, 0.2) is 54.7 Å². The van der Waals surface area contributed by atoms with Gasteiger partial charge in [-0.1, -0.05) is 12.1 Å². The zero-order chi connectivity index (χ0) is 19.5. The van der Waals surface area contributed by atoms with E-state index in [1.807, 2.05) is 37.4 Å². The number of hydrogen-bond donors (Lipinski definition) is 3. The highest BCUT2D eigenvalue weighted by Gasteiger charge is 2.11. The average molecular weight is 374 g/mol. The molecule has 0 atom stereocenters. The Morgan fingerprint density at radius 2 is 1.82 bits per heavy atom. The van der Waals surface area contributed by atoms with Crippen molar-refractivity contribution in [1.29, 1.82) is 0 Å². The first-order valence-corrected chi connectivity index (χ1v) is 9.14. The average Bonchev–Trinajstić information content (AvgIpc) is 3.16. The zero-order valence-electron chi connectivity index (χ0n) is 15.9. The highest BCUT2D eigenvalue weighted by Crippen LogP contribution is 2.31. The van der Waals surface area contributed by atoms with E-state index in [2.05, 4.69) is 44.8 Å². The number of aryl methyl sites for hydroxylation is 1. The van der Waals surface area contributed by atoms with E-state index >= 15 is 0 Å². The molecule has 142 valence electrons. The number of hydrogen-bond acceptors (Lipinski definition) is 5. The number of nitrogens with zero attached hydrogens (tertiary/aromatic N) is 2. The summed E-state index contributed by atoms with van der Waals surface area (Å²) in [5, 5.41) is 20.7. The van der Waals surface area contributed by atoms with E-state index < -0.39 is 0 Å². The number of nitrogens with one attached hydrogen (secondary N) is 2. The van der Waals surface area contributed by atoms with Gasteiger partial charge >= 0.3 is 0 Å². The van der Waals surface area contributed by atoms with Crippen LogP contribution in [0, 0.1) is 6.92 Å². The van der Waals surface area contributed by atoms with Crippen molar-refractivity contribution in [3.05, 3.63) is 60.3 Å². The number of aliphatic hydroxyl groups excluding tert-OH is 1. The number of aromatic amines is 1. The van der Waals surface area contributed by atoms with Crippen LogP contribution in [0.5, 0.6) is 5.75 Å². The third kappa shape index (κ3) is 3.42. The van der Waals surface area contributed by atoms with Crippen molar-refractivity contribution in [1.82, 2.24) is 15.2 Å². The molecule has 0 unspecified atom stereocenters. The van der Waals surface area contributed by atoms with Gasteiger partial charge in [-0.3, -0.25) is 5.10 Å². The fourth-order valence-electron chi connectivity index (χ4n) is 3.22. The molecule has 2 aromatic carbocycles. The monoisotopic (exact) mass is 374 g/mol. The van der Waals surface area contributed by atoms with Crippen LogP contribution in [0.1, 0.15) is 5.56 Å². The Hall–Kier alpha value is -3.38. The first-order valence-electron chi connectivity index (χ1n) is 9.14. The first kappa shape index (κ1) is 18.0. The lowest BCUT2D eigenvalue weighted by Crippen LogP contribution is -2.06. The quantitative estimate of drug-likeness (QED) is 0.475. The van der Waals surface area contributed by atoms with E-state index in [0.29, 0.717) is 12.2 Å². The molecule has 4 rings (SSSR count). The lowest BCUT2D eigenvalue weighted by Gasteiger charge is -2.11. The number of aromatic nitrogens is 3. The molecule has 0 fully saturated rings. The van der Waals surface area contributed by atoms with Crippen molar-refractivity contribution in [3.8, 4) is 28.1 Å². The van der Waals surface area contributed by atoms with Gasteiger partial charge in [0.1, 0.15) is 5.75 Å². The van der Waals surface area contributed by atoms with Gasteiger partial charge in [0.05, 0.1) is 19.4 Å². The summed E-state index contributed by atoms with van der Waals surface area (Å²) in [5.74, 6) is 0.814. The van der Waals surface area contributed by atoms with Crippen LogP contribution in [-0.2, 0) is 0 Å². The van der Waals surface area contributed by atoms with Crippen LogP contribution in [0.2, 0.25) is 0 Å². The van der Waals surface area contributed by atoms with Gasteiger partial charge < -0.3 is 15.2 Å². The van der Waals surface area contributed by atoms with E-state index in [0.717, 1.165) is 44.8 Å². The van der Waals surface area contributed by atoms with Crippen LogP contribution >= 0.6 is 0 Å². The Bertz CT molecular complexity index is 1100. The number of pyridine rings is 1. The molecule has 0 aliphatic rings. The smallest absolute Gasteiger partial charge is 0.181 e. The molecule has 28 heavy (non-hydrogen) atoms. The van der Waals surface area contributed by atoms with Gasteiger partial charge in [0.25, 0.3) is 0 Å². The van der Waals surface area contributed by atoms with Crippen molar-refractivity contribution in [2.24, 2.45) is 0 Å². The van der Waals surface area contributed by atoms with Crippen molar-refractivity contribution in [2.75, 3.05) is 25.6 Å². The van der Waals surface area contributed by atoms with Gasteiger partial charge in [-0.25, -0.2) is 4.98 Å². The molecular weight excluding hydrogens is 352 g/mol. The normalized spacial score (nSPS) is 11.0. The van der Waals surface area contributed by atoms with Crippen molar-refractivity contribution < 1.29 is 9.84 Å². The number of fused-ring (bicyclic) bond motifs is 1. The van der Waals surface area contributed by atoms with Crippen molar-refractivity contribution in [2.45, 2.75) is 6.92 Å². The Morgan fingerprint density at radius 3 is 2.57 bits per heavy atom. The molecule has 2 aromatic heterocycles. The van der Waals surface area contributed by atoms with Crippen molar-refractivity contribution >= 4 is 16.7 Å². The van der Waals surface area contributed by atoms with Crippen LogP contribution in [0.25, 0.3) is 33.4 Å². The van der Waals surface area contributed by atoms with Gasteiger partial charge in [0, 0.05) is 34.9 Å². The third-order valence-electron chi connectivity index (χ3n) is 4.79. The zero-order valence-corrected chi connectivity index (χ0v) is 15.9. The summed E-state index contributed by atoms with van der Waals surface area (Å²) in [7, 11) is 1.65. The summed E-state index contributed by atoms with van der Waals surface area (Å²) >= 11 is 0. The summed E-state index contributed by atoms with van der Waals surface area (Å²) in [6, 6.07) is 16.2. The molecule has 3 N–H and O–H groups in total. The maximum atomic E-state index is 9.08. The molecule has 0 spiro atoms. The fourth-order valence-corrected chi connectivity index (χ4v) is 3.22. The highest BCUT2D eigenvalue weighted by molar-refractivity contribution is 5.93. The molecule has 0 bridgehead atoms. The van der Waals surface area contributed by atoms with E-state index in [1.54, 1.807) is 7.11 Å². The largest absolute Gasteiger partial charge is 0.497 e. The number of aliphatic hydroxyl groups is 1. The second-order valence-corrected chi connectivity index (χ2v) is 6.60. The number of anilines is 1. The Kier molecular flexibility index (Phi) is 4.95. The summed E-state index contributed by atoms with van der Waals surface area (Å²) in [6.45, 7) is 2.66. The van der Waals surface area contributed by atoms with Crippen molar-refractivity contribution in [3.63, 3.8) is 0 Å². The Balaban J connectivity index is 1.75. The SMILES string of the molecule is COc1ccc(-c2[nH]nc3ncc(-c4ccc(C)c(NCCO)c4)cc23)cc1. The predicted molar refractivity (Wildman–Crippen MR) is 112 cm³/mol. The minimum atomic E-state index is 0.0947. The number of H-pyrrole nitrogens is 1. The number of benzene rings is 2. The second-order valence-electron chi connectivity index (χ2n) is 6.60. The maximum Gasteiger partial charge on any atom is 0.181 e. The van der Waals surface area contributed by atoms with Gasteiger partial charge in [-0.05, 0) is 54.4 Å². The van der Waals surface area contributed by atoms with Gasteiger partial charge in [0.15, 0.2) is 5.65 Å². The highest BCUT2D eigenvalue weighted by atomic mass is 16.5. The van der Waals surface area contributed by atoms with Crippen LogP contribution in [-0.4, -0.2) is 40.5 Å². The molecule has 0 amide bonds. The molecule has 0 saturated heterocycles. The molecular formula is C22H22N4O2. The molecule has 0 aliphatic heterocycles. The second kappa shape index (κ2) is 7.70. The van der Waals surface area contributed by atoms with Gasteiger partial charge in [-0.2, -0.15) is 5.10 Å². The molecule has 0 saturated carbocycles. The summed E-state index contributed by atoms with van der Waals surface area (Å²) in [4.78, 5) is 4.52. The first-order chi connectivity index (χ1) is 13.7. The van der Waals surface area contributed by atoms with Gasteiger partial charge in [-0.15, -0.1) is 0 Å².